The number of rotatable bonds is 7. The van der Waals surface area contributed by atoms with Gasteiger partial charge in [0.2, 0.25) is 5.91 Å². The molecule has 30 heavy (non-hydrogen) atoms. The molecule has 4 aliphatic rings. The normalized spacial score (nSPS) is 28.5. The van der Waals surface area contributed by atoms with Crippen molar-refractivity contribution in [2.75, 3.05) is 13.1 Å². The van der Waals surface area contributed by atoms with E-state index in [1.165, 1.54) is 12.8 Å². The Kier molecular flexibility index (Phi) is 5.71. The van der Waals surface area contributed by atoms with E-state index < -0.39 is 0 Å². The van der Waals surface area contributed by atoms with E-state index in [0.29, 0.717) is 24.6 Å². The highest BCUT2D eigenvalue weighted by molar-refractivity contribution is 5.79. The van der Waals surface area contributed by atoms with Crippen LogP contribution in [0.25, 0.3) is 0 Å². The Morgan fingerprint density at radius 1 is 1.17 bits per heavy atom. The van der Waals surface area contributed by atoms with Gasteiger partial charge in [-0.3, -0.25) is 14.4 Å². The second-order valence-corrected chi connectivity index (χ2v) is 9.06. The average Bonchev–Trinajstić information content (AvgIpc) is 3.45. The van der Waals surface area contributed by atoms with Crippen LogP contribution in [0.5, 0.6) is 5.75 Å². The standard InChI is InChI=1S/C23H31N5O2/c29-23(24-18-6-4-5-7-18)22-15-27-11-10-17(22)12-20(27)14-28-13-19(25-26-28)16-30-21-8-2-1-3-9-21/h1-3,8-9,13,17-18,20,22H,4-7,10-12,14-16H2,(H,24,29)/t17-,20-,22+/m1/s1. The molecule has 3 saturated heterocycles. The van der Waals surface area contributed by atoms with E-state index in [9.17, 15) is 4.79 Å². The van der Waals surface area contributed by atoms with Gasteiger partial charge in [0.25, 0.3) is 0 Å². The van der Waals surface area contributed by atoms with Crippen molar-refractivity contribution in [3.05, 3.63) is 42.2 Å². The van der Waals surface area contributed by atoms with E-state index in [4.69, 9.17) is 4.74 Å². The number of nitrogens with zero attached hydrogens (tertiary/aromatic N) is 4. The molecule has 1 amide bonds. The maximum Gasteiger partial charge on any atom is 0.224 e. The summed E-state index contributed by atoms with van der Waals surface area (Å²) >= 11 is 0. The number of hydrogen-bond donors (Lipinski definition) is 1. The number of aromatic nitrogens is 3. The maximum atomic E-state index is 12.8. The van der Waals surface area contributed by atoms with Crippen LogP contribution < -0.4 is 10.1 Å². The molecule has 4 heterocycles. The number of carbonyl (C=O) groups is 1. The largest absolute Gasteiger partial charge is 0.487 e. The van der Waals surface area contributed by atoms with E-state index in [1.54, 1.807) is 0 Å². The molecule has 1 unspecified atom stereocenters. The lowest BCUT2D eigenvalue weighted by atomic mass is 9.75. The van der Waals surface area contributed by atoms with Gasteiger partial charge in [-0.2, -0.15) is 0 Å². The van der Waals surface area contributed by atoms with Gasteiger partial charge < -0.3 is 10.1 Å². The summed E-state index contributed by atoms with van der Waals surface area (Å²) in [6.07, 6.45) is 8.99. The molecule has 7 nitrogen and oxygen atoms in total. The molecular formula is C23H31N5O2. The van der Waals surface area contributed by atoms with Gasteiger partial charge in [-0.05, 0) is 50.3 Å². The van der Waals surface area contributed by atoms with Crippen LogP contribution in [0.4, 0.5) is 0 Å². The van der Waals surface area contributed by atoms with Crippen molar-refractivity contribution in [1.29, 1.82) is 0 Å². The lowest BCUT2D eigenvalue weighted by Gasteiger charge is -2.49. The van der Waals surface area contributed by atoms with Crippen LogP contribution in [0.3, 0.4) is 0 Å². The molecule has 0 spiro atoms. The third-order valence-electron chi connectivity index (χ3n) is 7.03. The number of fused-ring (bicyclic) bond motifs is 3. The highest BCUT2D eigenvalue weighted by atomic mass is 16.5. The molecule has 1 aromatic carbocycles. The Morgan fingerprint density at radius 2 is 2.00 bits per heavy atom. The Morgan fingerprint density at radius 3 is 2.77 bits per heavy atom. The number of ether oxygens (including phenoxy) is 1. The lowest BCUT2D eigenvalue weighted by molar-refractivity contribution is -0.133. The predicted molar refractivity (Wildman–Crippen MR) is 113 cm³/mol. The summed E-state index contributed by atoms with van der Waals surface area (Å²) in [6.45, 7) is 3.21. The van der Waals surface area contributed by atoms with Crippen LogP contribution in [0.15, 0.2) is 36.5 Å². The fourth-order valence-corrected chi connectivity index (χ4v) is 5.39. The monoisotopic (exact) mass is 409 g/mol. The van der Waals surface area contributed by atoms with Crippen LogP contribution in [0.2, 0.25) is 0 Å². The quantitative estimate of drug-likeness (QED) is 0.761. The van der Waals surface area contributed by atoms with Gasteiger partial charge in [0.05, 0.1) is 18.7 Å². The summed E-state index contributed by atoms with van der Waals surface area (Å²) in [5.41, 5.74) is 0.837. The Bertz CT molecular complexity index is 848. The van der Waals surface area contributed by atoms with Gasteiger partial charge in [-0.1, -0.05) is 36.3 Å². The van der Waals surface area contributed by atoms with E-state index in [1.807, 2.05) is 41.2 Å². The molecule has 1 N–H and O–H groups in total. The van der Waals surface area contributed by atoms with Crippen LogP contribution in [0.1, 0.15) is 44.2 Å². The number of piperidine rings is 3. The number of para-hydroxylation sites is 1. The van der Waals surface area contributed by atoms with E-state index in [0.717, 1.165) is 56.8 Å². The molecule has 2 aromatic rings. The predicted octanol–water partition coefficient (Wildman–Crippen LogP) is 2.63. The first-order valence-electron chi connectivity index (χ1n) is 11.4. The van der Waals surface area contributed by atoms with Gasteiger partial charge in [0.1, 0.15) is 18.1 Å². The highest BCUT2D eigenvalue weighted by Crippen LogP contribution is 2.37. The lowest BCUT2D eigenvalue weighted by Crippen LogP contribution is -2.58. The molecule has 2 bridgehead atoms. The molecule has 1 aliphatic carbocycles. The summed E-state index contributed by atoms with van der Waals surface area (Å²) < 4.78 is 7.70. The second-order valence-electron chi connectivity index (χ2n) is 9.06. The van der Waals surface area contributed by atoms with Crippen molar-refractivity contribution in [3.63, 3.8) is 0 Å². The first kappa shape index (κ1) is 19.5. The molecule has 6 rings (SSSR count). The van der Waals surface area contributed by atoms with Crippen molar-refractivity contribution in [1.82, 2.24) is 25.2 Å². The van der Waals surface area contributed by atoms with Crippen molar-refractivity contribution >= 4 is 5.91 Å². The van der Waals surface area contributed by atoms with Gasteiger partial charge >= 0.3 is 0 Å². The van der Waals surface area contributed by atoms with E-state index in [2.05, 4.69) is 20.5 Å². The summed E-state index contributed by atoms with van der Waals surface area (Å²) in [5.74, 6) is 1.77. The number of hydrogen-bond acceptors (Lipinski definition) is 5. The second kappa shape index (κ2) is 8.76. The summed E-state index contributed by atoms with van der Waals surface area (Å²) in [7, 11) is 0. The van der Waals surface area contributed by atoms with Crippen LogP contribution in [-0.2, 0) is 17.9 Å². The van der Waals surface area contributed by atoms with Crippen molar-refractivity contribution in [2.24, 2.45) is 11.8 Å². The van der Waals surface area contributed by atoms with E-state index in [-0.39, 0.29) is 11.8 Å². The summed E-state index contributed by atoms with van der Waals surface area (Å²) in [6, 6.07) is 10.6. The first-order chi connectivity index (χ1) is 14.7. The third kappa shape index (κ3) is 4.36. The average molecular weight is 410 g/mol. The Balaban J connectivity index is 1.14. The number of amides is 1. The van der Waals surface area contributed by atoms with E-state index >= 15 is 0 Å². The van der Waals surface area contributed by atoms with Crippen molar-refractivity contribution in [2.45, 2.75) is 63.8 Å². The summed E-state index contributed by atoms with van der Waals surface area (Å²) in [5, 5.41) is 11.9. The van der Waals surface area contributed by atoms with Gasteiger partial charge in [0.15, 0.2) is 0 Å². The molecule has 4 fully saturated rings. The number of nitrogens with one attached hydrogen (secondary N) is 1. The molecule has 160 valence electrons. The molecule has 1 aromatic heterocycles. The van der Waals surface area contributed by atoms with Crippen molar-refractivity contribution < 1.29 is 9.53 Å². The molecular weight excluding hydrogens is 378 g/mol. The molecule has 4 atom stereocenters. The van der Waals surface area contributed by atoms with Crippen molar-refractivity contribution in [3.8, 4) is 5.75 Å². The summed E-state index contributed by atoms with van der Waals surface area (Å²) in [4.78, 5) is 15.3. The zero-order valence-electron chi connectivity index (χ0n) is 17.4. The maximum absolute atomic E-state index is 12.8. The highest BCUT2D eigenvalue weighted by Gasteiger charge is 2.43. The van der Waals surface area contributed by atoms with Gasteiger partial charge in [-0.25, -0.2) is 0 Å². The molecule has 1 saturated carbocycles. The topological polar surface area (TPSA) is 72.3 Å². The van der Waals surface area contributed by atoms with Gasteiger partial charge in [0, 0.05) is 18.6 Å². The minimum Gasteiger partial charge on any atom is -0.487 e. The third-order valence-corrected chi connectivity index (χ3v) is 7.03. The zero-order valence-corrected chi connectivity index (χ0v) is 17.4. The fourth-order valence-electron chi connectivity index (χ4n) is 5.39. The fraction of sp³-hybridized carbons (Fsp3) is 0.609. The first-order valence-corrected chi connectivity index (χ1v) is 11.4. The smallest absolute Gasteiger partial charge is 0.224 e. The molecule has 0 radical (unpaired) electrons. The van der Waals surface area contributed by atoms with Crippen LogP contribution in [0, 0.1) is 11.8 Å². The Hall–Kier alpha value is -2.41. The minimum atomic E-state index is 0.154. The Labute approximate surface area is 177 Å². The SMILES string of the molecule is O=C(NC1CCCC1)[C@H]1CN2CC[C@@H]1C[C@@H]2Cn1cc(COc2ccccc2)nn1. The number of benzene rings is 1. The van der Waals surface area contributed by atoms with Crippen LogP contribution >= 0.6 is 0 Å². The molecule has 3 aliphatic heterocycles. The van der Waals surface area contributed by atoms with Crippen LogP contribution in [-0.4, -0.2) is 51.0 Å². The minimum absolute atomic E-state index is 0.154. The molecule has 7 heteroatoms. The zero-order chi connectivity index (χ0) is 20.3. The van der Waals surface area contributed by atoms with Gasteiger partial charge in [-0.15, -0.1) is 5.10 Å². The number of carbonyl (C=O) groups excluding carboxylic acids is 1.